The average Bonchev–Trinajstić information content (AvgIpc) is 2.04. The van der Waals surface area contributed by atoms with Crippen LogP contribution in [0.25, 0.3) is 0 Å². The molecule has 0 spiro atoms. The molecule has 1 heterocycles. The maximum absolute atomic E-state index is 10.7. The van der Waals surface area contributed by atoms with Crippen LogP contribution in [0.15, 0.2) is 0 Å². The van der Waals surface area contributed by atoms with E-state index in [9.17, 15) is 4.57 Å². The Morgan fingerprint density at radius 3 is 2.54 bits per heavy atom. The number of hydrogen-bond acceptors (Lipinski definition) is 3. The van der Waals surface area contributed by atoms with E-state index in [1.165, 1.54) is 0 Å². The number of halogens is 2. The SMILES string of the molecule is O=P(Cl)(Cl)OCCC1CCOCC1. The molecule has 0 aromatic carbocycles. The third-order valence-electron chi connectivity index (χ3n) is 2.11. The smallest absolute Gasteiger partial charge is 0.380 e. The highest BCUT2D eigenvalue weighted by atomic mass is 35.9. The summed E-state index contributed by atoms with van der Waals surface area (Å²) < 4.78 is 20.7. The van der Waals surface area contributed by atoms with Crippen LogP contribution >= 0.6 is 28.6 Å². The van der Waals surface area contributed by atoms with E-state index in [1.54, 1.807) is 0 Å². The molecule has 0 atom stereocenters. The monoisotopic (exact) mass is 246 g/mol. The van der Waals surface area contributed by atoms with Gasteiger partial charge in [-0.2, -0.15) is 0 Å². The molecule has 1 rings (SSSR count). The first kappa shape index (κ1) is 11.8. The van der Waals surface area contributed by atoms with Crippen LogP contribution in [0.2, 0.25) is 0 Å². The average molecular weight is 247 g/mol. The van der Waals surface area contributed by atoms with E-state index in [0.717, 1.165) is 32.5 Å². The summed E-state index contributed by atoms with van der Waals surface area (Å²) in [5, 5.41) is 0. The summed E-state index contributed by atoms with van der Waals surface area (Å²) in [5.74, 6) is 0.591. The van der Waals surface area contributed by atoms with Crippen LogP contribution in [0.3, 0.4) is 0 Å². The van der Waals surface area contributed by atoms with Crippen molar-refractivity contribution in [3.8, 4) is 0 Å². The van der Waals surface area contributed by atoms with E-state index < -0.39 is 6.07 Å². The van der Waals surface area contributed by atoms with E-state index >= 15 is 0 Å². The van der Waals surface area contributed by atoms with E-state index in [-0.39, 0.29) is 0 Å². The van der Waals surface area contributed by atoms with Crippen molar-refractivity contribution in [1.82, 2.24) is 0 Å². The van der Waals surface area contributed by atoms with Gasteiger partial charge in [0.05, 0.1) is 6.61 Å². The predicted molar refractivity (Wildman–Crippen MR) is 53.4 cm³/mol. The van der Waals surface area contributed by atoms with Gasteiger partial charge in [-0.25, -0.2) is 0 Å². The Labute approximate surface area is 87.7 Å². The van der Waals surface area contributed by atoms with Crippen molar-refractivity contribution in [1.29, 1.82) is 0 Å². The second-order valence-electron chi connectivity index (χ2n) is 3.09. The lowest BCUT2D eigenvalue weighted by molar-refractivity contribution is 0.0598. The molecule has 0 radical (unpaired) electrons. The van der Waals surface area contributed by atoms with Gasteiger partial charge in [-0.1, -0.05) is 0 Å². The first-order chi connectivity index (χ1) is 6.08. The van der Waals surface area contributed by atoms with Crippen LogP contribution in [0.1, 0.15) is 19.3 Å². The highest BCUT2D eigenvalue weighted by Gasteiger charge is 2.17. The van der Waals surface area contributed by atoms with Gasteiger partial charge in [0, 0.05) is 13.2 Å². The van der Waals surface area contributed by atoms with Crippen molar-refractivity contribution < 1.29 is 13.8 Å². The second kappa shape index (κ2) is 5.57. The van der Waals surface area contributed by atoms with Gasteiger partial charge in [0.2, 0.25) is 0 Å². The molecule has 1 fully saturated rings. The third kappa shape index (κ3) is 5.92. The lowest BCUT2D eigenvalue weighted by Crippen LogP contribution is -2.16. The van der Waals surface area contributed by atoms with Gasteiger partial charge in [0.25, 0.3) is 0 Å². The van der Waals surface area contributed by atoms with Gasteiger partial charge in [-0.05, 0) is 47.7 Å². The zero-order valence-electron chi connectivity index (χ0n) is 7.25. The summed E-state index contributed by atoms with van der Waals surface area (Å²) >= 11 is 10.4. The Kier molecular flexibility index (Phi) is 5.06. The predicted octanol–water partition coefficient (Wildman–Crippen LogP) is 3.41. The highest BCUT2D eigenvalue weighted by Crippen LogP contribution is 2.57. The molecule has 1 aliphatic heterocycles. The molecule has 0 bridgehead atoms. The first-order valence-corrected chi connectivity index (χ1v) is 7.73. The van der Waals surface area contributed by atoms with Gasteiger partial charge in [-0.15, -0.1) is 0 Å². The standard InChI is InChI=1S/C7H13Cl2O3P/c8-13(9,10)12-6-3-7-1-4-11-5-2-7/h7H,1-6H2. The molecular weight excluding hydrogens is 234 g/mol. The summed E-state index contributed by atoms with van der Waals surface area (Å²) in [6.07, 6.45) is -0.386. The molecule has 1 aliphatic rings. The van der Waals surface area contributed by atoms with Gasteiger partial charge >= 0.3 is 6.07 Å². The van der Waals surface area contributed by atoms with Crippen LogP contribution in [0.5, 0.6) is 0 Å². The highest BCUT2D eigenvalue weighted by molar-refractivity contribution is 8.05. The van der Waals surface area contributed by atoms with Crippen LogP contribution in [0.4, 0.5) is 0 Å². The Hall–Kier alpha value is 0.730. The molecule has 0 aliphatic carbocycles. The fraction of sp³-hybridized carbons (Fsp3) is 1.00. The minimum Gasteiger partial charge on any atom is -0.381 e. The maximum atomic E-state index is 10.7. The fourth-order valence-electron chi connectivity index (χ4n) is 1.36. The summed E-state index contributed by atoms with van der Waals surface area (Å²) in [4.78, 5) is 0. The second-order valence-corrected chi connectivity index (χ2v) is 7.37. The van der Waals surface area contributed by atoms with E-state index in [0.29, 0.717) is 12.5 Å². The summed E-state index contributed by atoms with van der Waals surface area (Å²) in [7, 11) is 0. The minimum atomic E-state index is -3.32. The van der Waals surface area contributed by atoms with Gasteiger partial charge in [-0.3, -0.25) is 4.57 Å². The summed E-state index contributed by atoms with van der Waals surface area (Å²) in [6, 6.07) is 0. The minimum absolute atomic E-state index is 0.370. The van der Waals surface area contributed by atoms with Gasteiger partial charge in [0.15, 0.2) is 0 Å². The van der Waals surface area contributed by atoms with Crippen molar-refractivity contribution >= 4 is 28.6 Å². The normalized spacial score (nSPS) is 20.5. The molecule has 0 unspecified atom stereocenters. The summed E-state index contributed by atoms with van der Waals surface area (Å²) in [6.45, 7) is 1.99. The molecule has 13 heavy (non-hydrogen) atoms. The van der Waals surface area contributed by atoms with Gasteiger partial charge < -0.3 is 9.26 Å². The van der Waals surface area contributed by atoms with Crippen molar-refractivity contribution in [3.63, 3.8) is 0 Å². The molecule has 6 heteroatoms. The Morgan fingerprint density at radius 1 is 1.38 bits per heavy atom. The van der Waals surface area contributed by atoms with Crippen molar-refractivity contribution in [3.05, 3.63) is 0 Å². The van der Waals surface area contributed by atoms with Gasteiger partial charge in [0.1, 0.15) is 0 Å². The zero-order valence-corrected chi connectivity index (χ0v) is 9.65. The van der Waals surface area contributed by atoms with E-state index in [2.05, 4.69) is 0 Å². The maximum Gasteiger partial charge on any atom is 0.380 e. The van der Waals surface area contributed by atoms with Crippen LogP contribution in [-0.4, -0.2) is 19.8 Å². The molecule has 0 amide bonds. The number of ether oxygens (including phenoxy) is 1. The van der Waals surface area contributed by atoms with Crippen LogP contribution < -0.4 is 0 Å². The quantitative estimate of drug-likeness (QED) is 0.714. The zero-order chi connectivity index (χ0) is 9.73. The Morgan fingerprint density at radius 2 is 2.00 bits per heavy atom. The number of rotatable bonds is 4. The van der Waals surface area contributed by atoms with Crippen molar-refractivity contribution in [2.45, 2.75) is 19.3 Å². The molecule has 0 aromatic heterocycles. The topological polar surface area (TPSA) is 35.5 Å². The number of hydrogen-bond donors (Lipinski definition) is 0. The lowest BCUT2D eigenvalue weighted by Gasteiger charge is -2.21. The lowest BCUT2D eigenvalue weighted by atomic mass is 9.97. The molecule has 78 valence electrons. The molecule has 0 N–H and O–H groups in total. The molecular formula is C7H13Cl2O3P. The van der Waals surface area contributed by atoms with E-state index in [4.69, 9.17) is 31.7 Å². The fourth-order valence-corrected chi connectivity index (χ4v) is 2.09. The van der Waals surface area contributed by atoms with E-state index in [1.807, 2.05) is 0 Å². The molecule has 0 saturated carbocycles. The summed E-state index contributed by atoms with van der Waals surface area (Å²) in [5.41, 5.74) is 0. The molecule has 0 aromatic rings. The molecule has 1 saturated heterocycles. The van der Waals surface area contributed by atoms with Crippen molar-refractivity contribution in [2.75, 3.05) is 19.8 Å². The van der Waals surface area contributed by atoms with Crippen molar-refractivity contribution in [2.24, 2.45) is 5.92 Å². The van der Waals surface area contributed by atoms with Crippen LogP contribution in [-0.2, 0) is 13.8 Å². The third-order valence-corrected chi connectivity index (χ3v) is 3.18. The largest absolute Gasteiger partial charge is 0.381 e. The molecule has 3 nitrogen and oxygen atoms in total. The Balaban J connectivity index is 2.08. The first-order valence-electron chi connectivity index (χ1n) is 4.29. The van der Waals surface area contributed by atoms with Crippen LogP contribution in [0, 0.1) is 5.92 Å². The Bertz CT molecular complexity index is 188.